The van der Waals surface area contributed by atoms with Crippen molar-refractivity contribution in [2.24, 2.45) is 0 Å². The fourth-order valence-corrected chi connectivity index (χ4v) is 1.12. The molecule has 1 N–H and O–H groups in total. The maximum absolute atomic E-state index is 5.04. The minimum Gasteiger partial charge on any atom is -0.425 e. The van der Waals surface area contributed by atoms with Gasteiger partial charge in [-0.3, -0.25) is 0 Å². The number of nitrogens with one attached hydrogen (secondary N) is 1. The van der Waals surface area contributed by atoms with Crippen LogP contribution in [0.15, 0.2) is 24.3 Å². The molecular weight excluding hydrogens is 241 g/mol. The van der Waals surface area contributed by atoms with Crippen LogP contribution in [0.1, 0.15) is 0 Å². The van der Waals surface area contributed by atoms with E-state index in [4.69, 9.17) is 3.07 Å². The number of hydrogen-bond donors (Lipinski definition) is 1. The van der Waals surface area contributed by atoms with Crippen molar-refractivity contribution in [1.82, 2.24) is 0 Å². The van der Waals surface area contributed by atoms with E-state index >= 15 is 0 Å². The Bertz CT molecular complexity index is 192. The SMILES string of the molecule is CNc1ccccc1OI. The lowest BCUT2D eigenvalue weighted by molar-refractivity contribution is 0.719. The van der Waals surface area contributed by atoms with Crippen molar-refractivity contribution in [3.63, 3.8) is 0 Å². The molecule has 1 rings (SSSR count). The highest BCUT2D eigenvalue weighted by atomic mass is 127. The van der Waals surface area contributed by atoms with Crippen LogP contribution in [-0.2, 0) is 0 Å². The summed E-state index contributed by atoms with van der Waals surface area (Å²) in [6.45, 7) is 0. The van der Waals surface area contributed by atoms with Crippen molar-refractivity contribution < 1.29 is 3.07 Å². The van der Waals surface area contributed by atoms with Gasteiger partial charge in [0.1, 0.15) is 0 Å². The van der Waals surface area contributed by atoms with E-state index in [1.54, 1.807) is 0 Å². The quantitative estimate of drug-likeness (QED) is 0.813. The van der Waals surface area contributed by atoms with Gasteiger partial charge < -0.3 is 8.38 Å². The average Bonchev–Trinajstić information content (AvgIpc) is 2.04. The van der Waals surface area contributed by atoms with Crippen LogP contribution in [0.3, 0.4) is 0 Å². The topological polar surface area (TPSA) is 21.3 Å². The summed E-state index contributed by atoms with van der Waals surface area (Å²) in [5.74, 6) is 0.866. The maximum atomic E-state index is 5.04. The van der Waals surface area contributed by atoms with E-state index in [1.807, 2.05) is 54.3 Å². The summed E-state index contributed by atoms with van der Waals surface area (Å²) in [7, 11) is 1.87. The average molecular weight is 249 g/mol. The molecule has 0 saturated heterocycles. The van der Waals surface area contributed by atoms with Crippen molar-refractivity contribution in [3.05, 3.63) is 24.3 Å². The second kappa shape index (κ2) is 3.65. The highest BCUT2D eigenvalue weighted by molar-refractivity contribution is 14.1. The van der Waals surface area contributed by atoms with Crippen LogP contribution in [0.4, 0.5) is 5.69 Å². The largest absolute Gasteiger partial charge is 0.425 e. The number of rotatable bonds is 2. The van der Waals surface area contributed by atoms with Gasteiger partial charge in [0.25, 0.3) is 0 Å². The highest BCUT2D eigenvalue weighted by Crippen LogP contribution is 2.24. The van der Waals surface area contributed by atoms with Gasteiger partial charge in [0.2, 0.25) is 0 Å². The monoisotopic (exact) mass is 249 g/mol. The molecule has 0 heterocycles. The maximum Gasteiger partial charge on any atom is 0.192 e. The molecule has 0 aromatic heterocycles. The van der Waals surface area contributed by atoms with Crippen LogP contribution in [-0.4, -0.2) is 7.05 Å². The number of para-hydroxylation sites is 2. The Morgan fingerprint density at radius 3 is 2.60 bits per heavy atom. The summed E-state index contributed by atoms with van der Waals surface area (Å²) in [6.07, 6.45) is 0. The van der Waals surface area contributed by atoms with Gasteiger partial charge in [0.05, 0.1) is 5.69 Å². The van der Waals surface area contributed by atoms with Gasteiger partial charge in [-0.2, -0.15) is 0 Å². The van der Waals surface area contributed by atoms with E-state index in [0.717, 1.165) is 11.4 Å². The van der Waals surface area contributed by atoms with Crippen molar-refractivity contribution in [3.8, 4) is 5.75 Å². The van der Waals surface area contributed by atoms with Crippen LogP contribution in [0.5, 0.6) is 5.75 Å². The Morgan fingerprint density at radius 1 is 1.40 bits per heavy atom. The summed E-state index contributed by atoms with van der Waals surface area (Å²) in [4.78, 5) is 0. The molecular formula is C7H8INO. The predicted molar refractivity (Wildman–Crippen MR) is 50.6 cm³/mol. The third-order valence-corrected chi connectivity index (χ3v) is 1.71. The van der Waals surface area contributed by atoms with Gasteiger partial charge in [-0.05, 0) is 12.1 Å². The molecule has 0 radical (unpaired) electrons. The number of benzene rings is 1. The van der Waals surface area contributed by atoms with Crippen LogP contribution >= 0.6 is 23.0 Å². The molecule has 0 unspecified atom stereocenters. The highest BCUT2D eigenvalue weighted by Gasteiger charge is 1.96. The van der Waals surface area contributed by atoms with Crippen LogP contribution in [0.25, 0.3) is 0 Å². The molecule has 0 bridgehead atoms. The Morgan fingerprint density at radius 2 is 2.10 bits per heavy atom. The van der Waals surface area contributed by atoms with E-state index < -0.39 is 0 Å². The molecule has 0 saturated carbocycles. The fraction of sp³-hybridized carbons (Fsp3) is 0.143. The van der Waals surface area contributed by atoms with Gasteiger partial charge in [0.15, 0.2) is 28.8 Å². The lowest BCUT2D eigenvalue weighted by atomic mass is 10.3. The Hall–Kier alpha value is -0.450. The predicted octanol–water partition coefficient (Wildman–Crippen LogP) is 2.46. The van der Waals surface area contributed by atoms with Crippen molar-refractivity contribution in [2.75, 3.05) is 12.4 Å². The molecule has 10 heavy (non-hydrogen) atoms. The zero-order chi connectivity index (χ0) is 7.40. The van der Waals surface area contributed by atoms with Crippen LogP contribution in [0.2, 0.25) is 0 Å². The number of anilines is 1. The molecule has 0 aliphatic heterocycles. The Kier molecular flexibility index (Phi) is 2.80. The molecule has 0 fully saturated rings. The summed E-state index contributed by atoms with van der Waals surface area (Å²) in [6, 6.07) is 7.78. The molecule has 0 amide bonds. The molecule has 0 atom stereocenters. The summed E-state index contributed by atoms with van der Waals surface area (Å²) >= 11 is 1.86. The molecule has 0 aliphatic rings. The van der Waals surface area contributed by atoms with Gasteiger partial charge in [-0.25, -0.2) is 0 Å². The first-order valence-corrected chi connectivity index (χ1v) is 3.82. The summed E-state index contributed by atoms with van der Waals surface area (Å²) in [5.41, 5.74) is 1.01. The molecule has 0 aliphatic carbocycles. The molecule has 1 aromatic rings. The first-order valence-electron chi connectivity index (χ1n) is 2.94. The third-order valence-electron chi connectivity index (χ3n) is 1.24. The van der Waals surface area contributed by atoms with E-state index in [9.17, 15) is 0 Å². The zero-order valence-corrected chi connectivity index (χ0v) is 7.75. The van der Waals surface area contributed by atoms with Gasteiger partial charge in [-0.15, -0.1) is 0 Å². The first-order chi connectivity index (χ1) is 4.88. The van der Waals surface area contributed by atoms with E-state index in [1.165, 1.54) is 0 Å². The lowest BCUT2D eigenvalue weighted by Crippen LogP contribution is -1.89. The Balaban J connectivity index is 2.96. The second-order valence-electron chi connectivity index (χ2n) is 1.82. The summed E-state index contributed by atoms with van der Waals surface area (Å²) in [5, 5.41) is 3.02. The standard InChI is InChI=1S/C7H8INO/c1-9-6-4-2-3-5-7(6)10-8/h2-5,9H,1H3. The minimum atomic E-state index is 0.866. The van der Waals surface area contributed by atoms with Crippen molar-refractivity contribution in [2.45, 2.75) is 0 Å². The van der Waals surface area contributed by atoms with Crippen LogP contribution < -0.4 is 8.38 Å². The number of hydrogen-bond acceptors (Lipinski definition) is 2. The molecule has 0 spiro atoms. The Labute approximate surface area is 74.3 Å². The van der Waals surface area contributed by atoms with Crippen LogP contribution in [0, 0.1) is 0 Å². The zero-order valence-electron chi connectivity index (χ0n) is 5.60. The molecule has 1 aromatic carbocycles. The second-order valence-corrected chi connectivity index (χ2v) is 2.26. The first kappa shape index (κ1) is 7.65. The van der Waals surface area contributed by atoms with E-state index in [-0.39, 0.29) is 0 Å². The molecule has 3 heteroatoms. The van der Waals surface area contributed by atoms with Gasteiger partial charge in [-0.1, -0.05) is 12.1 Å². The van der Waals surface area contributed by atoms with E-state index in [0.29, 0.717) is 0 Å². The van der Waals surface area contributed by atoms with Crippen molar-refractivity contribution >= 4 is 28.7 Å². The normalized spacial score (nSPS) is 9.00. The van der Waals surface area contributed by atoms with E-state index in [2.05, 4.69) is 5.32 Å². The summed E-state index contributed by atoms with van der Waals surface area (Å²) < 4.78 is 5.04. The minimum absolute atomic E-state index is 0.866. The molecule has 54 valence electrons. The third kappa shape index (κ3) is 1.53. The lowest BCUT2D eigenvalue weighted by Gasteiger charge is -2.03. The van der Waals surface area contributed by atoms with Gasteiger partial charge >= 0.3 is 0 Å². The smallest absolute Gasteiger partial charge is 0.192 e. The van der Waals surface area contributed by atoms with Crippen molar-refractivity contribution in [1.29, 1.82) is 0 Å². The van der Waals surface area contributed by atoms with Gasteiger partial charge in [0, 0.05) is 7.05 Å². The fourth-order valence-electron chi connectivity index (χ4n) is 0.740. The molecule has 2 nitrogen and oxygen atoms in total. The number of halogens is 1.